The van der Waals surface area contributed by atoms with Gasteiger partial charge in [0.1, 0.15) is 0 Å². The van der Waals surface area contributed by atoms with E-state index in [1.165, 1.54) is 11.3 Å². The van der Waals surface area contributed by atoms with Crippen LogP contribution >= 0.6 is 11.3 Å². The standard InChI is InChI=1S/C9H14FN3OS/c1-11-9-12-8(10)7(15-9)6-13-2-4-14-5-3-13/h2-6H2,1H3,(H,11,12). The summed E-state index contributed by atoms with van der Waals surface area (Å²) >= 11 is 1.37. The molecule has 0 unspecified atom stereocenters. The number of morpholine rings is 1. The van der Waals surface area contributed by atoms with Crippen LogP contribution in [0.15, 0.2) is 0 Å². The molecule has 0 aliphatic carbocycles. The Morgan fingerprint density at radius 3 is 2.87 bits per heavy atom. The van der Waals surface area contributed by atoms with Gasteiger partial charge in [0.05, 0.1) is 18.1 Å². The van der Waals surface area contributed by atoms with Crippen molar-refractivity contribution in [2.45, 2.75) is 6.54 Å². The Morgan fingerprint density at radius 2 is 2.27 bits per heavy atom. The number of rotatable bonds is 3. The van der Waals surface area contributed by atoms with Crippen LogP contribution in [0.3, 0.4) is 0 Å². The van der Waals surface area contributed by atoms with Gasteiger partial charge in [-0.3, -0.25) is 4.90 Å². The van der Waals surface area contributed by atoms with Gasteiger partial charge in [-0.15, -0.1) is 0 Å². The Balaban J connectivity index is 1.99. The normalized spacial score (nSPS) is 18.0. The van der Waals surface area contributed by atoms with Crippen LogP contribution in [-0.2, 0) is 11.3 Å². The summed E-state index contributed by atoms with van der Waals surface area (Å²) in [5.74, 6) is -0.351. The fourth-order valence-corrected chi connectivity index (χ4v) is 2.34. The highest BCUT2D eigenvalue weighted by atomic mass is 32.1. The molecule has 1 fully saturated rings. The molecule has 1 N–H and O–H groups in total. The van der Waals surface area contributed by atoms with Crippen LogP contribution in [0.2, 0.25) is 0 Å². The molecule has 6 heteroatoms. The van der Waals surface area contributed by atoms with E-state index in [2.05, 4.69) is 15.2 Å². The molecule has 1 aliphatic heterocycles. The average molecular weight is 231 g/mol. The second-order valence-corrected chi connectivity index (χ2v) is 4.46. The van der Waals surface area contributed by atoms with Crippen molar-refractivity contribution in [3.8, 4) is 0 Å². The van der Waals surface area contributed by atoms with E-state index < -0.39 is 0 Å². The highest BCUT2D eigenvalue weighted by Gasteiger charge is 2.16. The van der Waals surface area contributed by atoms with Gasteiger partial charge >= 0.3 is 0 Å². The predicted molar refractivity (Wildman–Crippen MR) is 57.7 cm³/mol. The number of hydrogen-bond donors (Lipinski definition) is 1. The average Bonchev–Trinajstić information content (AvgIpc) is 2.61. The zero-order valence-corrected chi connectivity index (χ0v) is 9.44. The minimum Gasteiger partial charge on any atom is -0.379 e. The van der Waals surface area contributed by atoms with Crippen LogP contribution in [0.1, 0.15) is 4.88 Å². The van der Waals surface area contributed by atoms with E-state index in [0.29, 0.717) is 16.6 Å². The van der Waals surface area contributed by atoms with Crippen molar-refractivity contribution in [1.82, 2.24) is 9.88 Å². The van der Waals surface area contributed by atoms with Crippen LogP contribution in [0.25, 0.3) is 0 Å². The Morgan fingerprint density at radius 1 is 1.53 bits per heavy atom. The van der Waals surface area contributed by atoms with E-state index in [0.717, 1.165) is 26.3 Å². The minimum absolute atomic E-state index is 0.351. The van der Waals surface area contributed by atoms with Crippen LogP contribution in [0.5, 0.6) is 0 Å². The zero-order chi connectivity index (χ0) is 10.7. The molecule has 0 aromatic carbocycles. The molecule has 0 spiro atoms. The van der Waals surface area contributed by atoms with Gasteiger partial charge in [0.2, 0.25) is 5.95 Å². The van der Waals surface area contributed by atoms with Gasteiger partial charge in [0.15, 0.2) is 5.13 Å². The van der Waals surface area contributed by atoms with Crippen LogP contribution in [0.4, 0.5) is 9.52 Å². The molecule has 2 rings (SSSR count). The van der Waals surface area contributed by atoms with Crippen molar-refractivity contribution in [2.75, 3.05) is 38.7 Å². The number of hydrogen-bond acceptors (Lipinski definition) is 5. The summed E-state index contributed by atoms with van der Waals surface area (Å²) < 4.78 is 18.6. The largest absolute Gasteiger partial charge is 0.379 e. The first-order chi connectivity index (χ1) is 7.29. The molecule has 0 bridgehead atoms. The molecule has 0 amide bonds. The third-order valence-corrected chi connectivity index (χ3v) is 3.37. The van der Waals surface area contributed by atoms with Crippen molar-refractivity contribution in [2.24, 2.45) is 0 Å². The lowest BCUT2D eigenvalue weighted by molar-refractivity contribution is 0.0341. The lowest BCUT2D eigenvalue weighted by Crippen LogP contribution is -2.35. The first-order valence-electron chi connectivity index (χ1n) is 4.92. The molecule has 1 aromatic rings. The van der Waals surface area contributed by atoms with Crippen LogP contribution in [-0.4, -0.2) is 43.2 Å². The van der Waals surface area contributed by atoms with E-state index in [9.17, 15) is 4.39 Å². The highest BCUT2D eigenvalue weighted by molar-refractivity contribution is 7.15. The summed E-state index contributed by atoms with van der Waals surface area (Å²) in [4.78, 5) is 6.65. The first kappa shape index (κ1) is 10.8. The maximum atomic E-state index is 13.4. The summed E-state index contributed by atoms with van der Waals surface area (Å²) in [5.41, 5.74) is 0. The Labute approximate surface area is 92.1 Å². The fraction of sp³-hybridized carbons (Fsp3) is 0.667. The third-order valence-electron chi connectivity index (χ3n) is 2.33. The summed E-state index contributed by atoms with van der Waals surface area (Å²) in [7, 11) is 1.75. The minimum atomic E-state index is -0.351. The Bertz CT molecular complexity index is 325. The molecule has 15 heavy (non-hydrogen) atoms. The van der Waals surface area contributed by atoms with E-state index in [1.807, 2.05) is 0 Å². The number of ether oxygens (including phenoxy) is 1. The van der Waals surface area contributed by atoms with Crippen LogP contribution < -0.4 is 5.32 Å². The number of thiazole rings is 1. The number of nitrogens with zero attached hydrogens (tertiary/aromatic N) is 2. The fourth-order valence-electron chi connectivity index (χ4n) is 1.50. The number of aromatic nitrogens is 1. The number of halogens is 1. The summed E-state index contributed by atoms with van der Waals surface area (Å²) in [5, 5.41) is 3.48. The molecular weight excluding hydrogens is 217 g/mol. The van der Waals surface area contributed by atoms with Crippen molar-refractivity contribution in [3.63, 3.8) is 0 Å². The van der Waals surface area contributed by atoms with Gasteiger partial charge in [-0.25, -0.2) is 0 Å². The molecule has 4 nitrogen and oxygen atoms in total. The van der Waals surface area contributed by atoms with Gasteiger partial charge in [0.25, 0.3) is 0 Å². The van der Waals surface area contributed by atoms with E-state index >= 15 is 0 Å². The van der Waals surface area contributed by atoms with Crippen molar-refractivity contribution in [3.05, 3.63) is 10.8 Å². The number of nitrogens with one attached hydrogen (secondary N) is 1. The monoisotopic (exact) mass is 231 g/mol. The van der Waals surface area contributed by atoms with E-state index in [4.69, 9.17) is 4.74 Å². The predicted octanol–water partition coefficient (Wildman–Crippen LogP) is 1.16. The second-order valence-electron chi connectivity index (χ2n) is 3.37. The van der Waals surface area contributed by atoms with Crippen LogP contribution in [0, 0.1) is 5.95 Å². The van der Waals surface area contributed by atoms with Crippen molar-refractivity contribution in [1.29, 1.82) is 0 Å². The molecule has 1 aromatic heterocycles. The topological polar surface area (TPSA) is 37.4 Å². The van der Waals surface area contributed by atoms with Gasteiger partial charge in [0, 0.05) is 26.7 Å². The van der Waals surface area contributed by atoms with Gasteiger partial charge in [-0.2, -0.15) is 9.37 Å². The quantitative estimate of drug-likeness (QED) is 0.847. The maximum absolute atomic E-state index is 13.4. The molecule has 0 atom stereocenters. The highest BCUT2D eigenvalue weighted by Crippen LogP contribution is 2.23. The summed E-state index contributed by atoms with van der Waals surface area (Å²) in [6.45, 7) is 3.84. The van der Waals surface area contributed by atoms with Crippen molar-refractivity contribution < 1.29 is 9.13 Å². The molecule has 1 aliphatic rings. The van der Waals surface area contributed by atoms with E-state index in [1.54, 1.807) is 7.05 Å². The molecule has 2 heterocycles. The zero-order valence-electron chi connectivity index (χ0n) is 8.62. The summed E-state index contributed by atoms with van der Waals surface area (Å²) in [6.07, 6.45) is 0. The SMILES string of the molecule is CNc1nc(F)c(CN2CCOCC2)s1. The lowest BCUT2D eigenvalue weighted by atomic mass is 10.4. The van der Waals surface area contributed by atoms with Gasteiger partial charge in [-0.05, 0) is 0 Å². The first-order valence-corrected chi connectivity index (χ1v) is 5.74. The van der Waals surface area contributed by atoms with Gasteiger partial charge in [-0.1, -0.05) is 11.3 Å². The van der Waals surface area contributed by atoms with E-state index in [-0.39, 0.29) is 5.95 Å². The van der Waals surface area contributed by atoms with Crippen molar-refractivity contribution >= 4 is 16.5 Å². The molecule has 0 saturated carbocycles. The molecule has 1 saturated heterocycles. The molecule has 0 radical (unpaired) electrons. The Kier molecular flexibility index (Phi) is 3.50. The molecule has 84 valence electrons. The number of anilines is 1. The third kappa shape index (κ3) is 2.64. The lowest BCUT2D eigenvalue weighted by Gasteiger charge is -2.25. The maximum Gasteiger partial charge on any atom is 0.230 e. The second kappa shape index (κ2) is 4.87. The van der Waals surface area contributed by atoms with Gasteiger partial charge < -0.3 is 10.1 Å². The summed E-state index contributed by atoms with van der Waals surface area (Å²) in [6, 6.07) is 0. The smallest absolute Gasteiger partial charge is 0.230 e. The molecular formula is C9H14FN3OS. The Hall–Kier alpha value is -0.720.